The van der Waals surface area contributed by atoms with Gasteiger partial charge >= 0.3 is 0 Å². The van der Waals surface area contributed by atoms with Crippen LogP contribution in [0.1, 0.15) is 39.5 Å². The SMILES string of the molecule is CCN(CC(C)(CO)CO)C1CCCC1. The summed E-state index contributed by atoms with van der Waals surface area (Å²) in [5.41, 5.74) is -0.349. The van der Waals surface area contributed by atoms with Gasteiger partial charge in [0.15, 0.2) is 0 Å². The normalized spacial score (nSPS) is 19.0. The van der Waals surface area contributed by atoms with Crippen molar-refractivity contribution in [3.05, 3.63) is 0 Å². The number of nitrogens with zero attached hydrogens (tertiary/aromatic N) is 1. The van der Waals surface area contributed by atoms with Crippen LogP contribution in [0.5, 0.6) is 0 Å². The third kappa shape index (κ3) is 3.44. The molecule has 0 amide bonds. The Morgan fingerprint density at radius 3 is 2.13 bits per heavy atom. The molecule has 0 unspecified atom stereocenters. The van der Waals surface area contributed by atoms with Crippen LogP contribution >= 0.6 is 0 Å². The lowest BCUT2D eigenvalue weighted by atomic mass is 9.91. The van der Waals surface area contributed by atoms with Crippen molar-refractivity contribution >= 4 is 0 Å². The van der Waals surface area contributed by atoms with Crippen molar-refractivity contribution in [3.63, 3.8) is 0 Å². The van der Waals surface area contributed by atoms with E-state index in [4.69, 9.17) is 0 Å². The summed E-state index contributed by atoms with van der Waals surface area (Å²) in [5.74, 6) is 0. The van der Waals surface area contributed by atoms with Gasteiger partial charge in [-0.1, -0.05) is 26.7 Å². The maximum absolute atomic E-state index is 9.29. The molecule has 0 bridgehead atoms. The zero-order valence-corrected chi connectivity index (χ0v) is 10.1. The van der Waals surface area contributed by atoms with Crippen LogP contribution in [-0.4, -0.2) is 47.5 Å². The Morgan fingerprint density at radius 2 is 1.73 bits per heavy atom. The van der Waals surface area contributed by atoms with Gasteiger partial charge in [0.05, 0.1) is 13.2 Å². The summed E-state index contributed by atoms with van der Waals surface area (Å²) in [5, 5.41) is 18.6. The monoisotopic (exact) mass is 215 g/mol. The van der Waals surface area contributed by atoms with Crippen molar-refractivity contribution < 1.29 is 10.2 Å². The molecule has 0 aromatic rings. The van der Waals surface area contributed by atoms with Crippen LogP contribution in [0, 0.1) is 5.41 Å². The molecule has 0 heterocycles. The fourth-order valence-electron chi connectivity index (χ4n) is 2.41. The zero-order chi connectivity index (χ0) is 11.3. The number of hydrogen-bond donors (Lipinski definition) is 2. The quantitative estimate of drug-likeness (QED) is 0.700. The van der Waals surface area contributed by atoms with E-state index in [0.717, 1.165) is 13.1 Å². The van der Waals surface area contributed by atoms with Crippen molar-refractivity contribution in [2.45, 2.75) is 45.6 Å². The summed E-state index contributed by atoms with van der Waals surface area (Å²) >= 11 is 0. The Bertz CT molecular complexity index is 174. The topological polar surface area (TPSA) is 43.7 Å². The van der Waals surface area contributed by atoms with Gasteiger partial charge in [0.25, 0.3) is 0 Å². The van der Waals surface area contributed by atoms with Crippen molar-refractivity contribution in [1.29, 1.82) is 0 Å². The van der Waals surface area contributed by atoms with Crippen LogP contribution in [0.3, 0.4) is 0 Å². The van der Waals surface area contributed by atoms with E-state index in [0.29, 0.717) is 6.04 Å². The highest BCUT2D eigenvalue weighted by molar-refractivity contribution is 4.83. The average molecular weight is 215 g/mol. The Labute approximate surface area is 93.1 Å². The van der Waals surface area contributed by atoms with E-state index in [-0.39, 0.29) is 18.6 Å². The summed E-state index contributed by atoms with van der Waals surface area (Å²) in [6, 6.07) is 0.674. The van der Waals surface area contributed by atoms with Gasteiger partial charge in [-0.25, -0.2) is 0 Å². The molecule has 0 spiro atoms. The van der Waals surface area contributed by atoms with E-state index < -0.39 is 0 Å². The molecule has 0 atom stereocenters. The minimum Gasteiger partial charge on any atom is -0.396 e. The molecule has 3 heteroatoms. The average Bonchev–Trinajstić information content (AvgIpc) is 2.79. The minimum atomic E-state index is -0.349. The highest BCUT2D eigenvalue weighted by Crippen LogP contribution is 2.26. The number of hydrogen-bond acceptors (Lipinski definition) is 3. The van der Waals surface area contributed by atoms with Gasteiger partial charge < -0.3 is 10.2 Å². The first-order valence-electron chi connectivity index (χ1n) is 6.11. The van der Waals surface area contributed by atoms with Crippen molar-refractivity contribution in [2.24, 2.45) is 5.41 Å². The Hall–Kier alpha value is -0.120. The second-order valence-electron chi connectivity index (χ2n) is 5.13. The van der Waals surface area contributed by atoms with Gasteiger partial charge in [-0.15, -0.1) is 0 Å². The lowest BCUT2D eigenvalue weighted by Gasteiger charge is -2.35. The van der Waals surface area contributed by atoms with Gasteiger partial charge in [0.1, 0.15) is 0 Å². The zero-order valence-electron chi connectivity index (χ0n) is 10.1. The molecule has 0 radical (unpaired) electrons. The molecule has 3 nitrogen and oxygen atoms in total. The molecule has 2 N–H and O–H groups in total. The van der Waals surface area contributed by atoms with E-state index >= 15 is 0 Å². The molecule has 90 valence electrons. The standard InChI is InChI=1S/C12H25NO2/c1-3-13(11-6-4-5-7-11)8-12(2,9-14)10-15/h11,14-15H,3-10H2,1-2H3. The first kappa shape index (κ1) is 12.9. The number of aliphatic hydroxyl groups is 2. The predicted octanol–water partition coefficient (Wildman–Crippen LogP) is 1.24. The first-order valence-corrected chi connectivity index (χ1v) is 6.11. The van der Waals surface area contributed by atoms with E-state index in [1.807, 2.05) is 6.92 Å². The largest absolute Gasteiger partial charge is 0.396 e. The maximum Gasteiger partial charge on any atom is 0.0519 e. The molecule has 0 aromatic heterocycles. The van der Waals surface area contributed by atoms with E-state index in [9.17, 15) is 10.2 Å². The molecule has 0 aromatic carbocycles. The maximum atomic E-state index is 9.29. The van der Waals surface area contributed by atoms with Gasteiger partial charge in [-0.05, 0) is 19.4 Å². The van der Waals surface area contributed by atoms with Crippen LogP contribution < -0.4 is 0 Å². The molecule has 0 aliphatic heterocycles. The Kier molecular flexibility index (Phi) is 5.03. The van der Waals surface area contributed by atoms with Crippen molar-refractivity contribution in [3.8, 4) is 0 Å². The van der Waals surface area contributed by atoms with Crippen LogP contribution in [0.4, 0.5) is 0 Å². The summed E-state index contributed by atoms with van der Waals surface area (Å²) in [6.07, 6.45) is 5.22. The molecule has 1 fully saturated rings. The summed E-state index contributed by atoms with van der Waals surface area (Å²) in [4.78, 5) is 2.42. The van der Waals surface area contributed by atoms with E-state index in [1.165, 1.54) is 25.7 Å². The van der Waals surface area contributed by atoms with Crippen molar-refractivity contribution in [2.75, 3.05) is 26.3 Å². The Morgan fingerprint density at radius 1 is 1.20 bits per heavy atom. The van der Waals surface area contributed by atoms with Gasteiger partial charge in [0.2, 0.25) is 0 Å². The van der Waals surface area contributed by atoms with Gasteiger partial charge in [-0.3, -0.25) is 4.90 Å². The number of rotatable bonds is 6. The molecule has 1 rings (SSSR count). The third-order valence-corrected chi connectivity index (χ3v) is 3.60. The molecule has 1 aliphatic rings. The smallest absolute Gasteiger partial charge is 0.0519 e. The van der Waals surface area contributed by atoms with Crippen LogP contribution in [0.25, 0.3) is 0 Å². The van der Waals surface area contributed by atoms with Crippen LogP contribution in [-0.2, 0) is 0 Å². The summed E-state index contributed by atoms with van der Waals surface area (Å²) < 4.78 is 0. The Balaban J connectivity index is 2.51. The third-order valence-electron chi connectivity index (χ3n) is 3.60. The lowest BCUT2D eigenvalue weighted by Crippen LogP contribution is -2.44. The molecule has 0 saturated heterocycles. The van der Waals surface area contributed by atoms with Crippen molar-refractivity contribution in [1.82, 2.24) is 4.90 Å². The van der Waals surface area contributed by atoms with E-state index in [2.05, 4.69) is 11.8 Å². The summed E-state index contributed by atoms with van der Waals surface area (Å²) in [7, 11) is 0. The molecule has 15 heavy (non-hydrogen) atoms. The summed E-state index contributed by atoms with van der Waals surface area (Å²) in [6.45, 7) is 6.05. The van der Waals surface area contributed by atoms with Gasteiger partial charge in [0, 0.05) is 18.0 Å². The highest BCUT2D eigenvalue weighted by atomic mass is 16.3. The second kappa shape index (κ2) is 5.83. The molecular weight excluding hydrogens is 190 g/mol. The first-order chi connectivity index (χ1) is 7.15. The van der Waals surface area contributed by atoms with E-state index in [1.54, 1.807) is 0 Å². The molecular formula is C12H25NO2. The van der Waals surface area contributed by atoms with Crippen LogP contribution in [0.15, 0.2) is 0 Å². The highest BCUT2D eigenvalue weighted by Gasteiger charge is 2.29. The second-order valence-corrected chi connectivity index (χ2v) is 5.13. The predicted molar refractivity (Wildman–Crippen MR) is 61.8 cm³/mol. The lowest BCUT2D eigenvalue weighted by molar-refractivity contribution is 0.0242. The minimum absolute atomic E-state index is 0.0622. The molecule has 1 saturated carbocycles. The van der Waals surface area contributed by atoms with Gasteiger partial charge in [-0.2, -0.15) is 0 Å². The van der Waals surface area contributed by atoms with Crippen LogP contribution in [0.2, 0.25) is 0 Å². The fourth-order valence-corrected chi connectivity index (χ4v) is 2.41. The molecule has 1 aliphatic carbocycles. The number of aliphatic hydroxyl groups excluding tert-OH is 2. The fraction of sp³-hybridized carbons (Fsp3) is 1.00.